The van der Waals surface area contributed by atoms with Gasteiger partial charge in [-0.15, -0.1) is 0 Å². The maximum Gasteiger partial charge on any atom is 0.326 e. The van der Waals surface area contributed by atoms with Crippen LogP contribution in [0.3, 0.4) is 0 Å². The normalized spacial score (nSPS) is 20.2. The number of carboxylic acids is 1. The SMILES string of the molecule is CC1CCN(S(=O)(=O)c2ccc(C(=O)N(C3CC3)C(C)C(=O)O)cc2)CC1. The summed E-state index contributed by atoms with van der Waals surface area (Å²) in [5.41, 5.74) is 0.307. The van der Waals surface area contributed by atoms with Crippen LogP contribution in [-0.4, -0.2) is 59.8 Å². The Balaban J connectivity index is 1.78. The molecule has 0 bridgehead atoms. The van der Waals surface area contributed by atoms with Gasteiger partial charge in [-0.25, -0.2) is 13.2 Å². The smallest absolute Gasteiger partial charge is 0.326 e. The number of piperidine rings is 1. The third-order valence-corrected chi connectivity index (χ3v) is 7.34. The van der Waals surface area contributed by atoms with Crippen molar-refractivity contribution in [2.45, 2.75) is 56.5 Å². The number of carbonyl (C=O) groups is 2. The topological polar surface area (TPSA) is 95.0 Å². The van der Waals surface area contributed by atoms with Gasteiger partial charge in [-0.2, -0.15) is 4.31 Å². The lowest BCUT2D eigenvalue weighted by Crippen LogP contribution is -2.44. The summed E-state index contributed by atoms with van der Waals surface area (Å²) in [5.74, 6) is -0.891. The molecule has 0 radical (unpaired) electrons. The Labute approximate surface area is 160 Å². The highest BCUT2D eigenvalue weighted by Crippen LogP contribution is 2.31. The average molecular weight is 394 g/mol. The first kappa shape index (κ1) is 19.8. The van der Waals surface area contributed by atoms with Gasteiger partial charge in [0.2, 0.25) is 10.0 Å². The number of carboxylic acid groups (broad SMARTS) is 1. The maximum atomic E-state index is 12.8. The van der Waals surface area contributed by atoms with Crippen molar-refractivity contribution < 1.29 is 23.1 Å². The molecule has 148 valence electrons. The molecule has 1 aromatic carbocycles. The van der Waals surface area contributed by atoms with Crippen molar-refractivity contribution in [1.82, 2.24) is 9.21 Å². The van der Waals surface area contributed by atoms with Crippen LogP contribution in [0.1, 0.15) is 49.9 Å². The van der Waals surface area contributed by atoms with Crippen LogP contribution in [0, 0.1) is 5.92 Å². The molecular weight excluding hydrogens is 368 g/mol. The molecule has 1 saturated heterocycles. The molecule has 3 rings (SSSR count). The molecule has 27 heavy (non-hydrogen) atoms. The zero-order valence-corrected chi connectivity index (χ0v) is 16.5. The number of hydrogen-bond donors (Lipinski definition) is 1. The Bertz CT molecular complexity index is 809. The van der Waals surface area contributed by atoms with Crippen LogP contribution in [0.25, 0.3) is 0 Å². The Morgan fingerprint density at radius 3 is 2.15 bits per heavy atom. The van der Waals surface area contributed by atoms with Gasteiger partial charge < -0.3 is 10.0 Å². The molecule has 1 atom stereocenters. The first-order valence-electron chi connectivity index (χ1n) is 9.37. The van der Waals surface area contributed by atoms with Crippen molar-refractivity contribution in [3.05, 3.63) is 29.8 Å². The number of sulfonamides is 1. The van der Waals surface area contributed by atoms with E-state index in [1.807, 2.05) is 0 Å². The summed E-state index contributed by atoms with van der Waals surface area (Å²) in [6.45, 7) is 4.63. The fraction of sp³-hybridized carbons (Fsp3) is 0.579. The lowest BCUT2D eigenvalue weighted by Gasteiger charge is -2.29. The van der Waals surface area contributed by atoms with E-state index in [0.717, 1.165) is 25.7 Å². The molecule has 1 N–H and O–H groups in total. The number of aliphatic carboxylic acids is 1. The Hall–Kier alpha value is -1.93. The van der Waals surface area contributed by atoms with Crippen LogP contribution < -0.4 is 0 Å². The van der Waals surface area contributed by atoms with E-state index in [-0.39, 0.29) is 16.8 Å². The van der Waals surface area contributed by atoms with Crippen molar-refractivity contribution in [2.75, 3.05) is 13.1 Å². The van der Waals surface area contributed by atoms with E-state index in [9.17, 15) is 23.1 Å². The third-order valence-electron chi connectivity index (χ3n) is 5.43. The van der Waals surface area contributed by atoms with Crippen molar-refractivity contribution in [2.24, 2.45) is 5.92 Å². The second-order valence-corrected chi connectivity index (χ2v) is 9.51. The zero-order chi connectivity index (χ0) is 19.8. The predicted octanol–water partition coefficient (Wildman–Crippen LogP) is 2.18. The van der Waals surface area contributed by atoms with E-state index in [0.29, 0.717) is 24.6 Å². The summed E-state index contributed by atoms with van der Waals surface area (Å²) < 4.78 is 27.0. The monoisotopic (exact) mass is 394 g/mol. The van der Waals surface area contributed by atoms with Crippen LogP contribution in [0.2, 0.25) is 0 Å². The lowest BCUT2D eigenvalue weighted by molar-refractivity contribution is -0.141. The lowest BCUT2D eigenvalue weighted by atomic mass is 10.0. The predicted molar refractivity (Wildman–Crippen MR) is 99.9 cm³/mol. The zero-order valence-electron chi connectivity index (χ0n) is 15.7. The largest absolute Gasteiger partial charge is 0.480 e. The molecule has 0 spiro atoms. The fourth-order valence-corrected chi connectivity index (χ4v) is 4.89. The average Bonchev–Trinajstić information content (AvgIpc) is 3.47. The second kappa shape index (κ2) is 7.59. The van der Waals surface area contributed by atoms with Crippen LogP contribution in [-0.2, 0) is 14.8 Å². The van der Waals surface area contributed by atoms with Crippen molar-refractivity contribution in [3.63, 3.8) is 0 Å². The molecule has 2 aliphatic rings. The van der Waals surface area contributed by atoms with Crippen LogP contribution in [0.5, 0.6) is 0 Å². The minimum atomic E-state index is -3.57. The Kier molecular flexibility index (Phi) is 5.58. The van der Waals surface area contributed by atoms with Gasteiger partial charge in [0, 0.05) is 24.7 Å². The molecule has 1 heterocycles. The summed E-state index contributed by atoms with van der Waals surface area (Å²) >= 11 is 0. The quantitative estimate of drug-likeness (QED) is 0.798. The van der Waals surface area contributed by atoms with Gasteiger partial charge in [0.15, 0.2) is 0 Å². The highest BCUT2D eigenvalue weighted by atomic mass is 32.2. The molecule has 8 heteroatoms. The number of amides is 1. The molecule has 1 aliphatic heterocycles. The minimum Gasteiger partial charge on any atom is -0.480 e. The summed E-state index contributed by atoms with van der Waals surface area (Å²) in [4.78, 5) is 25.6. The summed E-state index contributed by atoms with van der Waals surface area (Å²) in [6, 6.07) is 4.87. The minimum absolute atomic E-state index is 0.0534. The van der Waals surface area contributed by atoms with Crippen molar-refractivity contribution in [3.8, 4) is 0 Å². The Morgan fingerprint density at radius 2 is 1.67 bits per heavy atom. The molecule has 1 saturated carbocycles. The van der Waals surface area contributed by atoms with Gasteiger partial charge in [-0.3, -0.25) is 4.79 Å². The first-order valence-corrected chi connectivity index (χ1v) is 10.8. The van der Waals surface area contributed by atoms with E-state index < -0.39 is 22.0 Å². The maximum absolute atomic E-state index is 12.8. The van der Waals surface area contributed by atoms with E-state index in [2.05, 4.69) is 6.92 Å². The van der Waals surface area contributed by atoms with Gasteiger partial charge in [0.25, 0.3) is 5.91 Å². The van der Waals surface area contributed by atoms with E-state index >= 15 is 0 Å². The fourth-order valence-electron chi connectivity index (χ4n) is 3.42. The third kappa shape index (κ3) is 4.16. The van der Waals surface area contributed by atoms with Gasteiger partial charge >= 0.3 is 5.97 Å². The van der Waals surface area contributed by atoms with Crippen LogP contribution in [0.4, 0.5) is 0 Å². The highest BCUT2D eigenvalue weighted by molar-refractivity contribution is 7.89. The number of rotatable bonds is 6. The molecule has 2 fully saturated rings. The van der Waals surface area contributed by atoms with Crippen molar-refractivity contribution >= 4 is 21.9 Å². The van der Waals surface area contributed by atoms with E-state index in [4.69, 9.17) is 0 Å². The van der Waals surface area contributed by atoms with E-state index in [1.165, 1.54) is 40.4 Å². The number of benzene rings is 1. The highest BCUT2D eigenvalue weighted by Gasteiger charge is 2.39. The number of nitrogens with zero attached hydrogens (tertiary/aromatic N) is 2. The van der Waals surface area contributed by atoms with Crippen LogP contribution >= 0.6 is 0 Å². The second-order valence-electron chi connectivity index (χ2n) is 7.57. The summed E-state index contributed by atoms with van der Waals surface area (Å²) in [5, 5.41) is 9.26. The molecule has 1 aliphatic carbocycles. The molecular formula is C19H26N2O5S. The van der Waals surface area contributed by atoms with Crippen LogP contribution in [0.15, 0.2) is 29.2 Å². The molecule has 1 amide bonds. The summed E-state index contributed by atoms with van der Waals surface area (Å²) in [7, 11) is -3.57. The van der Waals surface area contributed by atoms with Gasteiger partial charge in [0.1, 0.15) is 6.04 Å². The molecule has 1 unspecified atom stereocenters. The van der Waals surface area contributed by atoms with Gasteiger partial charge in [-0.1, -0.05) is 6.92 Å². The molecule has 7 nitrogen and oxygen atoms in total. The molecule has 1 aromatic rings. The summed E-state index contributed by atoms with van der Waals surface area (Å²) in [6.07, 6.45) is 3.28. The standard InChI is InChI=1S/C19H26N2O5S/c1-13-9-11-20(12-10-13)27(25,26)17-7-3-15(4-8-17)18(22)21(16-5-6-16)14(2)19(23)24/h3-4,7-8,13-14,16H,5-6,9-12H2,1-2H3,(H,23,24). The number of hydrogen-bond acceptors (Lipinski definition) is 4. The van der Waals surface area contributed by atoms with Gasteiger partial charge in [-0.05, 0) is 62.8 Å². The van der Waals surface area contributed by atoms with Crippen molar-refractivity contribution in [1.29, 1.82) is 0 Å². The number of carbonyl (C=O) groups excluding carboxylic acids is 1. The van der Waals surface area contributed by atoms with Gasteiger partial charge in [0.05, 0.1) is 4.90 Å². The molecule has 0 aromatic heterocycles. The first-order chi connectivity index (χ1) is 12.7. The van der Waals surface area contributed by atoms with E-state index in [1.54, 1.807) is 0 Å². The Morgan fingerprint density at radius 1 is 1.11 bits per heavy atom.